The fourth-order valence-electron chi connectivity index (χ4n) is 1.76. The van der Waals surface area contributed by atoms with E-state index in [0.29, 0.717) is 5.92 Å². The standard InChI is InChI=1S/C13H20N2O2S/c1-8-7-18-11(14-8)10(9-5-6-9)15-12(16)17-13(2,3)4/h7,9-10H,5-6H2,1-4H3,(H,15,16). The fraction of sp³-hybridized carbons (Fsp3) is 0.692. The molecule has 1 heterocycles. The molecule has 1 N–H and O–H groups in total. The van der Waals surface area contributed by atoms with Gasteiger partial charge >= 0.3 is 6.09 Å². The van der Waals surface area contributed by atoms with E-state index >= 15 is 0 Å². The van der Waals surface area contributed by atoms with E-state index in [4.69, 9.17) is 4.74 Å². The second-order valence-corrected chi connectivity index (χ2v) is 6.68. The zero-order valence-electron chi connectivity index (χ0n) is 11.3. The number of nitrogens with one attached hydrogen (secondary N) is 1. The lowest BCUT2D eigenvalue weighted by molar-refractivity contribution is 0.0497. The van der Waals surface area contributed by atoms with Gasteiger partial charge < -0.3 is 10.1 Å². The lowest BCUT2D eigenvalue weighted by Gasteiger charge is -2.22. The molecule has 1 unspecified atom stereocenters. The van der Waals surface area contributed by atoms with E-state index in [1.54, 1.807) is 11.3 Å². The van der Waals surface area contributed by atoms with Crippen molar-refractivity contribution in [3.63, 3.8) is 0 Å². The van der Waals surface area contributed by atoms with Crippen LogP contribution in [0.4, 0.5) is 4.79 Å². The number of ether oxygens (including phenoxy) is 1. The first kappa shape index (κ1) is 13.3. The average Bonchev–Trinajstić information content (AvgIpc) is 2.95. The van der Waals surface area contributed by atoms with Crippen molar-refractivity contribution in [2.24, 2.45) is 5.92 Å². The van der Waals surface area contributed by atoms with E-state index in [2.05, 4.69) is 10.3 Å². The molecule has 2 rings (SSSR count). The predicted molar refractivity (Wildman–Crippen MR) is 71.7 cm³/mol. The largest absolute Gasteiger partial charge is 0.444 e. The van der Waals surface area contributed by atoms with Crippen molar-refractivity contribution >= 4 is 17.4 Å². The summed E-state index contributed by atoms with van der Waals surface area (Å²) in [6.45, 7) is 7.57. The Morgan fingerprint density at radius 1 is 1.56 bits per heavy atom. The molecule has 100 valence electrons. The summed E-state index contributed by atoms with van der Waals surface area (Å²) < 4.78 is 5.30. The molecule has 1 amide bonds. The van der Waals surface area contributed by atoms with Gasteiger partial charge in [-0.15, -0.1) is 11.3 Å². The normalized spacial score (nSPS) is 17.3. The molecule has 1 atom stereocenters. The summed E-state index contributed by atoms with van der Waals surface area (Å²) in [6, 6.07) is 0.0125. The van der Waals surface area contributed by atoms with Crippen LogP contribution < -0.4 is 5.32 Å². The highest BCUT2D eigenvalue weighted by atomic mass is 32.1. The van der Waals surface area contributed by atoms with Gasteiger partial charge in [0.1, 0.15) is 10.6 Å². The SMILES string of the molecule is Cc1csc(C(NC(=O)OC(C)(C)C)C2CC2)n1. The molecule has 1 saturated carbocycles. The minimum absolute atomic E-state index is 0.0125. The molecule has 0 radical (unpaired) electrons. The summed E-state index contributed by atoms with van der Waals surface area (Å²) in [7, 11) is 0. The van der Waals surface area contributed by atoms with E-state index in [0.717, 1.165) is 23.5 Å². The first-order valence-electron chi connectivity index (χ1n) is 6.27. The molecular formula is C13H20N2O2S. The number of carbonyl (C=O) groups is 1. The number of aromatic nitrogens is 1. The molecule has 1 aliphatic rings. The lowest BCUT2D eigenvalue weighted by atomic mass is 10.2. The first-order valence-corrected chi connectivity index (χ1v) is 7.14. The molecule has 4 nitrogen and oxygen atoms in total. The Morgan fingerprint density at radius 2 is 2.22 bits per heavy atom. The van der Waals surface area contributed by atoms with Crippen molar-refractivity contribution < 1.29 is 9.53 Å². The average molecular weight is 268 g/mol. The van der Waals surface area contributed by atoms with Gasteiger partial charge in [-0.3, -0.25) is 0 Å². The fourth-order valence-corrected chi connectivity index (χ4v) is 2.70. The summed E-state index contributed by atoms with van der Waals surface area (Å²) in [5.41, 5.74) is 0.545. The Hall–Kier alpha value is -1.10. The Balaban J connectivity index is 2.01. The molecule has 5 heteroatoms. The maximum atomic E-state index is 11.8. The number of nitrogens with zero attached hydrogens (tertiary/aromatic N) is 1. The first-order chi connectivity index (χ1) is 8.35. The second-order valence-electron chi connectivity index (χ2n) is 5.79. The second kappa shape index (κ2) is 4.88. The molecule has 1 fully saturated rings. The number of hydrogen-bond acceptors (Lipinski definition) is 4. The number of hydrogen-bond donors (Lipinski definition) is 1. The van der Waals surface area contributed by atoms with Crippen molar-refractivity contribution in [2.45, 2.75) is 52.2 Å². The van der Waals surface area contributed by atoms with Crippen LogP contribution in [-0.4, -0.2) is 16.7 Å². The van der Waals surface area contributed by atoms with Crippen LogP contribution >= 0.6 is 11.3 Å². The third-order valence-electron chi connectivity index (χ3n) is 2.67. The van der Waals surface area contributed by atoms with Gasteiger partial charge in [0.2, 0.25) is 0 Å². The van der Waals surface area contributed by atoms with Gasteiger partial charge in [-0.25, -0.2) is 9.78 Å². The van der Waals surface area contributed by atoms with Gasteiger partial charge in [0.05, 0.1) is 6.04 Å². The van der Waals surface area contributed by atoms with Crippen LogP contribution in [0.2, 0.25) is 0 Å². The molecule has 0 saturated heterocycles. The zero-order valence-corrected chi connectivity index (χ0v) is 12.1. The van der Waals surface area contributed by atoms with Crippen molar-refractivity contribution in [1.29, 1.82) is 0 Å². The minimum Gasteiger partial charge on any atom is -0.444 e. The molecule has 18 heavy (non-hydrogen) atoms. The van der Waals surface area contributed by atoms with E-state index in [9.17, 15) is 4.79 Å². The van der Waals surface area contributed by atoms with Crippen molar-refractivity contribution in [2.75, 3.05) is 0 Å². The molecule has 1 aliphatic carbocycles. The third-order valence-corrected chi connectivity index (χ3v) is 3.71. The Kier molecular flexibility index (Phi) is 3.61. The Morgan fingerprint density at radius 3 is 2.67 bits per heavy atom. The van der Waals surface area contributed by atoms with Crippen LogP contribution in [0.15, 0.2) is 5.38 Å². The smallest absolute Gasteiger partial charge is 0.408 e. The summed E-state index contributed by atoms with van der Waals surface area (Å²) in [6.07, 6.45) is 1.95. The molecule has 0 bridgehead atoms. The van der Waals surface area contributed by atoms with Crippen LogP contribution in [0.25, 0.3) is 0 Å². The van der Waals surface area contributed by atoms with E-state index < -0.39 is 5.60 Å². The van der Waals surface area contributed by atoms with Crippen LogP contribution in [0.5, 0.6) is 0 Å². The van der Waals surface area contributed by atoms with Crippen LogP contribution in [0.1, 0.15) is 50.4 Å². The van der Waals surface area contributed by atoms with Crippen molar-refractivity contribution in [3.8, 4) is 0 Å². The molecule has 0 aliphatic heterocycles. The van der Waals surface area contributed by atoms with Crippen LogP contribution in [-0.2, 0) is 4.74 Å². The van der Waals surface area contributed by atoms with Gasteiger partial charge in [0.25, 0.3) is 0 Å². The Labute approximate surface area is 112 Å². The molecule has 0 spiro atoms. The van der Waals surface area contributed by atoms with Gasteiger partial charge in [0, 0.05) is 11.1 Å². The molecule has 1 aromatic heterocycles. The van der Waals surface area contributed by atoms with Gasteiger partial charge in [-0.1, -0.05) is 0 Å². The van der Waals surface area contributed by atoms with Crippen molar-refractivity contribution in [1.82, 2.24) is 10.3 Å². The molecule has 1 aromatic rings. The van der Waals surface area contributed by atoms with E-state index in [-0.39, 0.29) is 12.1 Å². The summed E-state index contributed by atoms with van der Waals surface area (Å²) in [5.74, 6) is 0.517. The summed E-state index contributed by atoms with van der Waals surface area (Å²) in [5, 5.41) is 5.95. The molecule has 0 aromatic carbocycles. The predicted octanol–water partition coefficient (Wildman–Crippen LogP) is 3.43. The number of thiazole rings is 1. The summed E-state index contributed by atoms with van der Waals surface area (Å²) >= 11 is 1.60. The Bertz CT molecular complexity index is 432. The number of amides is 1. The lowest BCUT2D eigenvalue weighted by Crippen LogP contribution is -2.35. The van der Waals surface area contributed by atoms with Gasteiger partial charge in [-0.05, 0) is 46.5 Å². The maximum absolute atomic E-state index is 11.8. The highest BCUT2D eigenvalue weighted by molar-refractivity contribution is 7.09. The van der Waals surface area contributed by atoms with Gasteiger partial charge in [-0.2, -0.15) is 0 Å². The highest BCUT2D eigenvalue weighted by Crippen LogP contribution is 2.41. The minimum atomic E-state index is -0.461. The number of aryl methyl sites for hydroxylation is 1. The van der Waals surface area contributed by atoms with Crippen LogP contribution in [0.3, 0.4) is 0 Å². The topological polar surface area (TPSA) is 51.2 Å². The maximum Gasteiger partial charge on any atom is 0.408 e. The summed E-state index contributed by atoms with van der Waals surface area (Å²) in [4.78, 5) is 16.3. The van der Waals surface area contributed by atoms with E-state index in [1.807, 2.05) is 33.1 Å². The highest BCUT2D eigenvalue weighted by Gasteiger charge is 2.36. The van der Waals surface area contributed by atoms with Gasteiger partial charge in [0.15, 0.2) is 0 Å². The van der Waals surface area contributed by atoms with E-state index in [1.165, 1.54) is 0 Å². The molecular weight excluding hydrogens is 248 g/mol. The quantitative estimate of drug-likeness (QED) is 0.913. The third kappa shape index (κ3) is 3.70. The number of rotatable bonds is 3. The monoisotopic (exact) mass is 268 g/mol. The zero-order chi connectivity index (χ0) is 13.3. The van der Waals surface area contributed by atoms with Crippen LogP contribution in [0, 0.1) is 12.8 Å². The number of carbonyl (C=O) groups excluding carboxylic acids is 1. The number of alkyl carbamates (subject to hydrolysis) is 1. The van der Waals surface area contributed by atoms with Crippen molar-refractivity contribution in [3.05, 3.63) is 16.1 Å².